The van der Waals surface area contributed by atoms with E-state index in [9.17, 15) is 9.59 Å². The average Bonchev–Trinajstić information content (AvgIpc) is 2.02. The van der Waals surface area contributed by atoms with E-state index in [1.165, 1.54) is 13.8 Å². The molecule has 4 nitrogen and oxygen atoms in total. The zero-order chi connectivity index (χ0) is 11.4. The molecule has 2 N–H and O–H groups in total. The van der Waals surface area contributed by atoms with E-state index in [1.54, 1.807) is 11.8 Å². The third-order valence-corrected chi connectivity index (χ3v) is 2.83. The Morgan fingerprint density at radius 2 is 2.00 bits per heavy atom. The molecule has 0 aliphatic carbocycles. The smallest absolute Gasteiger partial charge is 0.328 e. The highest BCUT2D eigenvalue weighted by Crippen LogP contribution is 2.10. The van der Waals surface area contributed by atoms with E-state index in [2.05, 4.69) is 5.32 Å². The zero-order valence-corrected chi connectivity index (χ0v) is 9.77. The molecule has 1 amide bonds. The second-order valence-corrected chi connectivity index (χ2v) is 5.00. The van der Waals surface area contributed by atoms with Crippen molar-refractivity contribution in [3.05, 3.63) is 0 Å². The summed E-state index contributed by atoms with van der Waals surface area (Å²) in [6.45, 7) is 4.87. The van der Waals surface area contributed by atoms with Crippen molar-refractivity contribution >= 4 is 23.6 Å². The van der Waals surface area contributed by atoms with Gasteiger partial charge in [-0.05, 0) is 20.1 Å². The van der Waals surface area contributed by atoms with Crippen LogP contribution in [-0.4, -0.2) is 34.0 Å². The Balaban J connectivity index is 4.12. The van der Waals surface area contributed by atoms with Crippen molar-refractivity contribution in [2.75, 3.05) is 6.26 Å². The Hall–Kier alpha value is -0.710. The van der Waals surface area contributed by atoms with Crippen molar-refractivity contribution in [2.45, 2.75) is 38.0 Å². The summed E-state index contributed by atoms with van der Waals surface area (Å²) in [6, 6.07) is 0. The molecule has 0 saturated carbocycles. The van der Waals surface area contributed by atoms with Crippen molar-refractivity contribution < 1.29 is 14.7 Å². The van der Waals surface area contributed by atoms with Gasteiger partial charge in [0.05, 0.1) is 0 Å². The minimum Gasteiger partial charge on any atom is -0.480 e. The highest BCUT2D eigenvalue weighted by Gasteiger charge is 2.28. The molecule has 0 aliphatic heterocycles. The lowest BCUT2D eigenvalue weighted by Gasteiger charge is -2.21. The molecule has 5 heteroatoms. The number of aliphatic carboxylic acids is 1. The Labute approximate surface area is 88.4 Å². The normalized spacial score (nSPS) is 13.4. The van der Waals surface area contributed by atoms with Crippen LogP contribution in [0, 0.1) is 0 Å². The number of hydrogen-bond donors (Lipinski definition) is 2. The van der Waals surface area contributed by atoms with Gasteiger partial charge in [0.1, 0.15) is 5.54 Å². The highest BCUT2D eigenvalue weighted by atomic mass is 32.2. The van der Waals surface area contributed by atoms with Crippen LogP contribution in [0.5, 0.6) is 0 Å². The molecule has 82 valence electrons. The van der Waals surface area contributed by atoms with Crippen LogP contribution in [0.2, 0.25) is 0 Å². The van der Waals surface area contributed by atoms with Crippen molar-refractivity contribution in [3.8, 4) is 0 Å². The van der Waals surface area contributed by atoms with Gasteiger partial charge in [-0.2, -0.15) is 11.8 Å². The lowest BCUT2D eigenvalue weighted by molar-refractivity contribution is -0.146. The van der Waals surface area contributed by atoms with Crippen molar-refractivity contribution in [2.24, 2.45) is 0 Å². The van der Waals surface area contributed by atoms with Gasteiger partial charge in [0.15, 0.2) is 0 Å². The molecule has 0 aromatic carbocycles. The second kappa shape index (κ2) is 5.24. The summed E-state index contributed by atoms with van der Waals surface area (Å²) in [6.07, 6.45) is 2.26. The van der Waals surface area contributed by atoms with Gasteiger partial charge in [-0.3, -0.25) is 4.79 Å². The quantitative estimate of drug-likeness (QED) is 0.727. The summed E-state index contributed by atoms with van der Waals surface area (Å²) in [5.74, 6) is -1.25. The fourth-order valence-electron chi connectivity index (χ4n) is 0.797. The molecule has 0 spiro atoms. The standard InChI is InChI=1S/C9H17NO3S/c1-6(14-4)5-7(11)10-9(2,3)8(12)13/h6H,5H2,1-4H3,(H,10,11)(H,12,13). The van der Waals surface area contributed by atoms with Gasteiger partial charge < -0.3 is 10.4 Å². The predicted octanol–water partition coefficient (Wildman–Crippen LogP) is 1.11. The van der Waals surface area contributed by atoms with E-state index in [-0.39, 0.29) is 11.2 Å². The molecule has 0 aromatic heterocycles. The summed E-state index contributed by atoms with van der Waals surface area (Å²) in [4.78, 5) is 22.0. The third-order valence-electron chi connectivity index (χ3n) is 1.86. The molecule has 0 fully saturated rings. The van der Waals surface area contributed by atoms with Crippen LogP contribution in [0.15, 0.2) is 0 Å². The minimum absolute atomic E-state index is 0.208. The van der Waals surface area contributed by atoms with E-state index in [0.717, 1.165) is 0 Å². The monoisotopic (exact) mass is 219 g/mol. The van der Waals surface area contributed by atoms with Crippen LogP contribution in [0.1, 0.15) is 27.2 Å². The first-order valence-corrected chi connectivity index (χ1v) is 5.65. The molecule has 14 heavy (non-hydrogen) atoms. The van der Waals surface area contributed by atoms with E-state index in [4.69, 9.17) is 5.11 Å². The molecule has 0 bridgehead atoms. The maximum Gasteiger partial charge on any atom is 0.328 e. The third kappa shape index (κ3) is 4.50. The van der Waals surface area contributed by atoms with Crippen LogP contribution >= 0.6 is 11.8 Å². The summed E-state index contributed by atoms with van der Waals surface area (Å²) >= 11 is 1.58. The second-order valence-electron chi connectivity index (χ2n) is 3.73. The molecule has 0 rings (SSSR count). The van der Waals surface area contributed by atoms with Gasteiger partial charge in [0.2, 0.25) is 5.91 Å². The first-order chi connectivity index (χ1) is 6.29. The van der Waals surface area contributed by atoms with Crippen molar-refractivity contribution in [1.29, 1.82) is 0 Å². The largest absolute Gasteiger partial charge is 0.480 e. The van der Waals surface area contributed by atoms with E-state index in [1.807, 2.05) is 13.2 Å². The molecule has 0 saturated heterocycles. The number of carboxylic acid groups (broad SMARTS) is 1. The first-order valence-electron chi connectivity index (χ1n) is 4.36. The Morgan fingerprint density at radius 3 is 2.36 bits per heavy atom. The predicted molar refractivity (Wildman–Crippen MR) is 57.5 cm³/mol. The first kappa shape index (κ1) is 13.3. The van der Waals surface area contributed by atoms with E-state index < -0.39 is 11.5 Å². The Morgan fingerprint density at radius 1 is 1.50 bits per heavy atom. The maximum atomic E-state index is 11.3. The van der Waals surface area contributed by atoms with E-state index in [0.29, 0.717) is 6.42 Å². The average molecular weight is 219 g/mol. The van der Waals surface area contributed by atoms with Crippen LogP contribution in [0.4, 0.5) is 0 Å². The van der Waals surface area contributed by atoms with Crippen LogP contribution in [-0.2, 0) is 9.59 Å². The fourth-order valence-corrected chi connectivity index (χ4v) is 1.12. The number of carboxylic acids is 1. The molecular weight excluding hydrogens is 202 g/mol. The number of thioether (sulfide) groups is 1. The number of carbonyl (C=O) groups is 2. The number of rotatable bonds is 5. The number of nitrogens with one attached hydrogen (secondary N) is 1. The van der Waals surface area contributed by atoms with Crippen LogP contribution in [0.3, 0.4) is 0 Å². The van der Waals surface area contributed by atoms with E-state index >= 15 is 0 Å². The van der Waals surface area contributed by atoms with Gasteiger partial charge >= 0.3 is 5.97 Å². The van der Waals surface area contributed by atoms with Crippen molar-refractivity contribution in [3.63, 3.8) is 0 Å². The lowest BCUT2D eigenvalue weighted by Crippen LogP contribution is -2.50. The van der Waals surface area contributed by atoms with Gasteiger partial charge in [-0.25, -0.2) is 4.79 Å². The van der Waals surface area contributed by atoms with Crippen LogP contribution in [0.25, 0.3) is 0 Å². The number of amides is 1. The minimum atomic E-state index is -1.19. The van der Waals surface area contributed by atoms with Gasteiger partial charge in [0.25, 0.3) is 0 Å². The SMILES string of the molecule is CSC(C)CC(=O)NC(C)(C)C(=O)O. The molecular formula is C9H17NO3S. The molecule has 0 heterocycles. The van der Waals surface area contributed by atoms with Crippen LogP contribution < -0.4 is 5.32 Å². The molecule has 0 radical (unpaired) electrons. The Bertz CT molecular complexity index is 228. The highest BCUT2D eigenvalue weighted by molar-refractivity contribution is 7.99. The fraction of sp³-hybridized carbons (Fsp3) is 0.778. The summed E-state index contributed by atoms with van der Waals surface area (Å²) in [5.41, 5.74) is -1.19. The lowest BCUT2D eigenvalue weighted by atomic mass is 10.1. The van der Waals surface area contributed by atoms with Crippen molar-refractivity contribution in [1.82, 2.24) is 5.32 Å². The number of carbonyl (C=O) groups excluding carboxylic acids is 1. The zero-order valence-electron chi connectivity index (χ0n) is 8.96. The van der Waals surface area contributed by atoms with Gasteiger partial charge in [0, 0.05) is 11.7 Å². The maximum absolute atomic E-state index is 11.3. The number of hydrogen-bond acceptors (Lipinski definition) is 3. The summed E-state index contributed by atoms with van der Waals surface area (Å²) in [5, 5.41) is 11.4. The van der Waals surface area contributed by atoms with Gasteiger partial charge in [-0.15, -0.1) is 0 Å². The topological polar surface area (TPSA) is 66.4 Å². The van der Waals surface area contributed by atoms with Gasteiger partial charge in [-0.1, -0.05) is 6.92 Å². The summed E-state index contributed by atoms with van der Waals surface area (Å²) < 4.78 is 0. The molecule has 0 aliphatic rings. The molecule has 1 atom stereocenters. The molecule has 0 aromatic rings. The summed E-state index contributed by atoms with van der Waals surface area (Å²) in [7, 11) is 0. The Kier molecular flexibility index (Phi) is 4.97. The molecule has 1 unspecified atom stereocenters.